The maximum absolute atomic E-state index is 5.68. The van der Waals surface area contributed by atoms with Crippen molar-refractivity contribution in [1.82, 2.24) is 5.32 Å². The highest BCUT2D eigenvalue weighted by molar-refractivity contribution is 5.24. The zero-order valence-corrected chi connectivity index (χ0v) is 11.4. The zero-order chi connectivity index (χ0) is 12.3. The molecule has 0 aromatic carbocycles. The molecule has 1 atom stereocenters. The highest BCUT2D eigenvalue weighted by Gasteiger charge is 2.25. The fourth-order valence-electron chi connectivity index (χ4n) is 3.25. The molecular formula is C15H25NO. The molecule has 1 aromatic rings. The van der Waals surface area contributed by atoms with Crippen LogP contribution in [0, 0.1) is 19.8 Å². The summed E-state index contributed by atoms with van der Waals surface area (Å²) < 4.78 is 5.68. The van der Waals surface area contributed by atoms with Crippen molar-refractivity contribution < 1.29 is 4.42 Å². The number of hydrogen-bond acceptors (Lipinski definition) is 2. The van der Waals surface area contributed by atoms with E-state index < -0.39 is 0 Å². The summed E-state index contributed by atoms with van der Waals surface area (Å²) in [5.74, 6) is 2.90. The standard InChI is InChI=1S/C15H25NO/c1-11-10-14(12(2)17-11)15(16-3)13-8-6-4-5-7-9-13/h10,13,15-16H,4-9H2,1-3H3. The van der Waals surface area contributed by atoms with Crippen molar-refractivity contribution in [1.29, 1.82) is 0 Å². The van der Waals surface area contributed by atoms with E-state index in [1.165, 1.54) is 44.1 Å². The van der Waals surface area contributed by atoms with Crippen molar-refractivity contribution in [3.8, 4) is 0 Å². The van der Waals surface area contributed by atoms with E-state index in [0.717, 1.165) is 17.4 Å². The highest BCUT2D eigenvalue weighted by atomic mass is 16.3. The van der Waals surface area contributed by atoms with Crippen molar-refractivity contribution in [2.45, 2.75) is 58.4 Å². The summed E-state index contributed by atoms with van der Waals surface area (Å²) in [5, 5.41) is 3.51. The van der Waals surface area contributed by atoms with E-state index in [4.69, 9.17) is 4.42 Å². The summed E-state index contributed by atoms with van der Waals surface area (Å²) in [6, 6.07) is 2.69. The van der Waals surface area contributed by atoms with Gasteiger partial charge < -0.3 is 9.73 Å². The van der Waals surface area contributed by atoms with E-state index in [-0.39, 0.29) is 0 Å². The molecule has 2 nitrogen and oxygen atoms in total. The van der Waals surface area contributed by atoms with Crippen LogP contribution in [-0.2, 0) is 0 Å². The Bertz CT molecular complexity index is 348. The third-order valence-corrected chi connectivity index (χ3v) is 4.10. The highest BCUT2D eigenvalue weighted by Crippen LogP contribution is 2.35. The predicted octanol–water partition coefficient (Wildman–Crippen LogP) is 4.13. The van der Waals surface area contributed by atoms with Crippen LogP contribution >= 0.6 is 0 Å². The minimum atomic E-state index is 0.477. The van der Waals surface area contributed by atoms with Gasteiger partial charge in [0.05, 0.1) is 0 Å². The SMILES string of the molecule is CNC(c1cc(C)oc1C)C1CCCCCC1. The lowest BCUT2D eigenvalue weighted by atomic mass is 9.87. The second-order valence-electron chi connectivity index (χ2n) is 5.39. The summed E-state index contributed by atoms with van der Waals surface area (Å²) in [7, 11) is 2.08. The molecule has 0 bridgehead atoms. The minimum absolute atomic E-state index is 0.477. The summed E-state index contributed by atoms with van der Waals surface area (Å²) >= 11 is 0. The summed E-state index contributed by atoms with van der Waals surface area (Å²) in [5.41, 5.74) is 1.37. The minimum Gasteiger partial charge on any atom is -0.466 e. The Balaban J connectivity index is 2.16. The van der Waals surface area contributed by atoms with E-state index in [9.17, 15) is 0 Å². The topological polar surface area (TPSA) is 25.2 Å². The Morgan fingerprint density at radius 2 is 1.82 bits per heavy atom. The zero-order valence-electron chi connectivity index (χ0n) is 11.4. The molecule has 0 amide bonds. The van der Waals surface area contributed by atoms with Crippen LogP contribution in [0.25, 0.3) is 0 Å². The van der Waals surface area contributed by atoms with E-state index in [2.05, 4.69) is 25.4 Å². The molecule has 0 aliphatic heterocycles. The molecule has 1 aliphatic rings. The fourth-order valence-corrected chi connectivity index (χ4v) is 3.25. The van der Waals surface area contributed by atoms with Gasteiger partial charge in [-0.05, 0) is 45.7 Å². The smallest absolute Gasteiger partial charge is 0.105 e. The number of rotatable bonds is 3. The summed E-state index contributed by atoms with van der Waals surface area (Å²) in [6.45, 7) is 4.12. The molecule has 0 radical (unpaired) electrons. The molecule has 1 unspecified atom stereocenters. The van der Waals surface area contributed by atoms with Gasteiger partial charge in [0, 0.05) is 11.6 Å². The first-order valence-electron chi connectivity index (χ1n) is 6.96. The van der Waals surface area contributed by atoms with Crippen LogP contribution < -0.4 is 5.32 Å². The molecule has 1 aliphatic carbocycles. The number of furan rings is 1. The van der Waals surface area contributed by atoms with Crippen molar-refractivity contribution in [2.24, 2.45) is 5.92 Å². The monoisotopic (exact) mass is 235 g/mol. The van der Waals surface area contributed by atoms with E-state index >= 15 is 0 Å². The Hall–Kier alpha value is -0.760. The quantitative estimate of drug-likeness (QED) is 0.797. The van der Waals surface area contributed by atoms with E-state index in [0.29, 0.717) is 6.04 Å². The maximum atomic E-state index is 5.68. The van der Waals surface area contributed by atoms with Gasteiger partial charge in [-0.25, -0.2) is 0 Å². The molecule has 1 N–H and O–H groups in total. The Kier molecular flexibility index (Phi) is 4.27. The third-order valence-electron chi connectivity index (χ3n) is 4.10. The molecule has 17 heavy (non-hydrogen) atoms. The maximum Gasteiger partial charge on any atom is 0.105 e. The average molecular weight is 235 g/mol. The first-order chi connectivity index (χ1) is 8.22. The molecule has 1 aromatic heterocycles. The Morgan fingerprint density at radius 1 is 1.18 bits per heavy atom. The Labute approximate surface area is 105 Å². The molecule has 0 spiro atoms. The number of nitrogens with one attached hydrogen (secondary N) is 1. The summed E-state index contributed by atoms with van der Waals surface area (Å²) in [6.07, 6.45) is 8.31. The van der Waals surface area contributed by atoms with Gasteiger partial charge in [-0.3, -0.25) is 0 Å². The molecule has 1 heterocycles. The van der Waals surface area contributed by atoms with Crippen LogP contribution in [0.2, 0.25) is 0 Å². The fraction of sp³-hybridized carbons (Fsp3) is 0.733. The molecular weight excluding hydrogens is 210 g/mol. The van der Waals surface area contributed by atoms with Gasteiger partial charge in [0.2, 0.25) is 0 Å². The molecule has 1 saturated carbocycles. The van der Waals surface area contributed by atoms with Gasteiger partial charge in [-0.15, -0.1) is 0 Å². The van der Waals surface area contributed by atoms with E-state index in [1.807, 2.05) is 6.92 Å². The van der Waals surface area contributed by atoms with Crippen LogP contribution in [0.1, 0.15) is 61.7 Å². The van der Waals surface area contributed by atoms with Gasteiger partial charge >= 0.3 is 0 Å². The van der Waals surface area contributed by atoms with Crippen LogP contribution in [0.4, 0.5) is 0 Å². The van der Waals surface area contributed by atoms with Crippen molar-refractivity contribution in [3.63, 3.8) is 0 Å². The van der Waals surface area contributed by atoms with Crippen molar-refractivity contribution in [2.75, 3.05) is 7.05 Å². The van der Waals surface area contributed by atoms with Gasteiger partial charge in [-0.1, -0.05) is 25.7 Å². The normalized spacial score (nSPS) is 20.2. The number of aryl methyl sites for hydroxylation is 2. The van der Waals surface area contributed by atoms with Gasteiger partial charge in [0.1, 0.15) is 11.5 Å². The molecule has 96 valence electrons. The Morgan fingerprint density at radius 3 is 2.29 bits per heavy atom. The lowest BCUT2D eigenvalue weighted by Crippen LogP contribution is -2.25. The van der Waals surface area contributed by atoms with Gasteiger partial charge in [0.15, 0.2) is 0 Å². The van der Waals surface area contributed by atoms with Gasteiger partial charge in [-0.2, -0.15) is 0 Å². The molecule has 1 fully saturated rings. The van der Waals surface area contributed by atoms with Crippen molar-refractivity contribution >= 4 is 0 Å². The van der Waals surface area contributed by atoms with Crippen molar-refractivity contribution in [3.05, 3.63) is 23.2 Å². The largest absolute Gasteiger partial charge is 0.466 e. The van der Waals surface area contributed by atoms with E-state index in [1.54, 1.807) is 0 Å². The second kappa shape index (κ2) is 5.72. The molecule has 2 heteroatoms. The first kappa shape index (κ1) is 12.7. The average Bonchev–Trinajstić information content (AvgIpc) is 2.55. The lowest BCUT2D eigenvalue weighted by molar-refractivity contribution is 0.337. The van der Waals surface area contributed by atoms with Gasteiger partial charge in [0.25, 0.3) is 0 Å². The third kappa shape index (κ3) is 2.92. The first-order valence-corrected chi connectivity index (χ1v) is 6.96. The van der Waals surface area contributed by atoms with Crippen LogP contribution in [-0.4, -0.2) is 7.05 Å². The van der Waals surface area contributed by atoms with Crippen LogP contribution in [0.5, 0.6) is 0 Å². The molecule has 2 rings (SSSR count). The summed E-state index contributed by atoms with van der Waals surface area (Å²) in [4.78, 5) is 0. The van der Waals surface area contributed by atoms with Crippen LogP contribution in [0.3, 0.4) is 0 Å². The molecule has 0 saturated heterocycles. The van der Waals surface area contributed by atoms with Crippen LogP contribution in [0.15, 0.2) is 10.5 Å². The predicted molar refractivity (Wildman–Crippen MR) is 71.2 cm³/mol. The second-order valence-corrected chi connectivity index (χ2v) is 5.39. The number of hydrogen-bond donors (Lipinski definition) is 1. The lowest BCUT2D eigenvalue weighted by Gasteiger charge is -2.25.